The van der Waals surface area contributed by atoms with Crippen molar-refractivity contribution in [2.24, 2.45) is 5.73 Å². The maximum atomic E-state index is 12.0. The second-order valence-electron chi connectivity index (χ2n) is 3.62. The van der Waals surface area contributed by atoms with E-state index < -0.39 is 0 Å². The van der Waals surface area contributed by atoms with Crippen LogP contribution in [0.25, 0.3) is 0 Å². The molecule has 1 heterocycles. The molecule has 1 saturated heterocycles. The van der Waals surface area contributed by atoms with Gasteiger partial charge in [-0.3, -0.25) is 15.9 Å². The fourth-order valence-corrected chi connectivity index (χ4v) is 2.57. The lowest BCUT2D eigenvalue weighted by Gasteiger charge is -2.15. The van der Waals surface area contributed by atoms with Crippen molar-refractivity contribution in [3.8, 4) is 0 Å². The van der Waals surface area contributed by atoms with Crippen LogP contribution in [0.3, 0.4) is 0 Å². The number of rotatable bonds is 2. The third-order valence-electron chi connectivity index (χ3n) is 2.50. The Labute approximate surface area is 98.3 Å². The third-order valence-corrected chi connectivity index (χ3v) is 3.50. The van der Waals surface area contributed by atoms with Gasteiger partial charge in [-0.1, -0.05) is 18.2 Å². The number of benzene rings is 1. The van der Waals surface area contributed by atoms with Crippen molar-refractivity contribution >= 4 is 28.5 Å². The van der Waals surface area contributed by atoms with Gasteiger partial charge in [0.15, 0.2) is 0 Å². The lowest BCUT2D eigenvalue weighted by Crippen LogP contribution is -2.45. The van der Waals surface area contributed by atoms with Crippen molar-refractivity contribution in [2.45, 2.75) is 11.7 Å². The first kappa shape index (κ1) is 11.0. The summed E-state index contributed by atoms with van der Waals surface area (Å²) in [6, 6.07) is 9.64. The molecule has 5 heteroatoms. The quantitative estimate of drug-likeness (QED) is 0.542. The van der Waals surface area contributed by atoms with Gasteiger partial charge in [0.1, 0.15) is 0 Å². The van der Waals surface area contributed by atoms with Crippen LogP contribution in [0.5, 0.6) is 0 Å². The number of para-hydroxylation sites is 1. The molecule has 1 aromatic carbocycles. The Morgan fingerprint density at radius 1 is 1.44 bits per heavy atom. The number of carbonyl (C=O) groups is 1. The van der Waals surface area contributed by atoms with Crippen LogP contribution >= 0.6 is 11.8 Å². The molecule has 0 aromatic heterocycles. The number of nitrogens with zero attached hydrogens (tertiary/aromatic N) is 1. The summed E-state index contributed by atoms with van der Waals surface area (Å²) in [6.07, 6.45) is 0.788. The SMILES string of the molecule is NC(=[NH2+])SC1CCN(c2ccccc2)C1=O. The van der Waals surface area contributed by atoms with Gasteiger partial charge < -0.3 is 4.90 Å². The number of thioether (sulfide) groups is 1. The highest BCUT2D eigenvalue weighted by Gasteiger charge is 2.34. The van der Waals surface area contributed by atoms with E-state index in [2.05, 4.69) is 0 Å². The fraction of sp³-hybridized carbons (Fsp3) is 0.273. The zero-order valence-corrected chi connectivity index (χ0v) is 9.61. The molecule has 0 spiro atoms. The molecule has 1 fully saturated rings. The van der Waals surface area contributed by atoms with Gasteiger partial charge in [-0.25, -0.2) is 0 Å². The Morgan fingerprint density at radius 3 is 2.75 bits per heavy atom. The highest BCUT2D eigenvalue weighted by Crippen LogP contribution is 2.27. The van der Waals surface area contributed by atoms with Crippen LogP contribution in [0.15, 0.2) is 30.3 Å². The van der Waals surface area contributed by atoms with E-state index in [1.165, 1.54) is 11.8 Å². The molecule has 84 valence electrons. The van der Waals surface area contributed by atoms with E-state index in [0.29, 0.717) is 0 Å². The smallest absolute Gasteiger partial charge is 0.300 e. The summed E-state index contributed by atoms with van der Waals surface area (Å²) < 4.78 is 0. The topological polar surface area (TPSA) is 71.9 Å². The van der Waals surface area contributed by atoms with Crippen LogP contribution < -0.4 is 16.0 Å². The molecule has 0 aliphatic carbocycles. The largest absolute Gasteiger partial charge is 0.311 e. The predicted molar refractivity (Wildman–Crippen MR) is 65.9 cm³/mol. The van der Waals surface area contributed by atoms with Gasteiger partial charge in [-0.05, 0) is 30.3 Å². The second-order valence-corrected chi connectivity index (χ2v) is 4.90. The van der Waals surface area contributed by atoms with E-state index >= 15 is 0 Å². The first-order chi connectivity index (χ1) is 7.68. The fourth-order valence-electron chi connectivity index (χ4n) is 1.79. The van der Waals surface area contributed by atoms with Gasteiger partial charge in [-0.2, -0.15) is 0 Å². The summed E-state index contributed by atoms with van der Waals surface area (Å²) in [7, 11) is 0. The normalized spacial score (nSPS) is 20.1. The third kappa shape index (κ3) is 2.19. The molecule has 1 atom stereocenters. The van der Waals surface area contributed by atoms with E-state index in [4.69, 9.17) is 11.1 Å². The molecule has 16 heavy (non-hydrogen) atoms. The number of nitrogens with two attached hydrogens (primary N) is 2. The monoisotopic (exact) mass is 236 g/mol. The summed E-state index contributed by atoms with van der Waals surface area (Å²) >= 11 is 1.25. The Hall–Kier alpha value is -1.49. The van der Waals surface area contributed by atoms with Crippen LogP contribution in [0, 0.1) is 0 Å². The minimum absolute atomic E-state index is 0.0876. The number of anilines is 1. The Balaban J connectivity index is 2.11. The molecule has 1 aromatic rings. The number of amides is 1. The maximum absolute atomic E-state index is 12.0. The highest BCUT2D eigenvalue weighted by atomic mass is 32.2. The van der Waals surface area contributed by atoms with Crippen molar-refractivity contribution < 1.29 is 10.2 Å². The summed E-state index contributed by atoms with van der Waals surface area (Å²) in [5, 5.41) is 5.53. The first-order valence-electron chi connectivity index (χ1n) is 5.09. The number of hydrogen-bond donors (Lipinski definition) is 2. The molecule has 0 bridgehead atoms. The van der Waals surface area contributed by atoms with Crippen LogP contribution in [0.1, 0.15) is 6.42 Å². The van der Waals surface area contributed by atoms with E-state index in [1.54, 1.807) is 4.90 Å². The van der Waals surface area contributed by atoms with Gasteiger partial charge in [0, 0.05) is 12.2 Å². The Kier molecular flexibility index (Phi) is 3.14. The molecule has 1 unspecified atom stereocenters. The van der Waals surface area contributed by atoms with Gasteiger partial charge in [0.05, 0.1) is 5.25 Å². The minimum Gasteiger partial charge on any atom is -0.311 e. The summed E-state index contributed by atoms with van der Waals surface area (Å²) in [6.45, 7) is 0.730. The van der Waals surface area contributed by atoms with E-state index in [-0.39, 0.29) is 16.3 Å². The number of carbonyl (C=O) groups excluding carboxylic acids is 1. The zero-order chi connectivity index (χ0) is 11.5. The van der Waals surface area contributed by atoms with Crippen molar-refractivity contribution in [1.29, 1.82) is 0 Å². The van der Waals surface area contributed by atoms with Crippen LogP contribution in [0.2, 0.25) is 0 Å². The molecule has 0 saturated carbocycles. The van der Waals surface area contributed by atoms with E-state index in [1.807, 2.05) is 30.3 Å². The van der Waals surface area contributed by atoms with Crippen molar-refractivity contribution in [3.63, 3.8) is 0 Å². The summed E-state index contributed by atoms with van der Waals surface area (Å²) in [4.78, 5) is 13.8. The summed E-state index contributed by atoms with van der Waals surface area (Å²) in [5.74, 6) is 0.0876. The molecular weight excluding hydrogens is 222 g/mol. The summed E-state index contributed by atoms with van der Waals surface area (Å²) in [5.41, 5.74) is 6.34. The van der Waals surface area contributed by atoms with Gasteiger partial charge in [0.25, 0.3) is 0 Å². The highest BCUT2D eigenvalue weighted by molar-refractivity contribution is 8.14. The van der Waals surface area contributed by atoms with E-state index in [9.17, 15) is 4.79 Å². The lowest BCUT2D eigenvalue weighted by atomic mass is 10.3. The molecule has 0 radical (unpaired) electrons. The number of amidine groups is 1. The van der Waals surface area contributed by atoms with Crippen LogP contribution in [-0.2, 0) is 4.79 Å². The molecular formula is C11H14N3OS+. The van der Waals surface area contributed by atoms with Gasteiger partial charge in [0.2, 0.25) is 5.91 Å². The molecule has 4 nitrogen and oxygen atoms in total. The average Bonchev–Trinajstić information content (AvgIpc) is 2.61. The van der Waals surface area contributed by atoms with Crippen molar-refractivity contribution in [3.05, 3.63) is 30.3 Å². The molecule has 1 amide bonds. The van der Waals surface area contributed by atoms with Crippen LogP contribution in [-0.4, -0.2) is 22.9 Å². The number of hydrogen-bond acceptors (Lipinski definition) is 2. The second kappa shape index (κ2) is 4.57. The van der Waals surface area contributed by atoms with Crippen molar-refractivity contribution in [2.75, 3.05) is 11.4 Å². The molecule has 2 rings (SSSR count). The molecule has 1 aliphatic heterocycles. The standard InChI is InChI=1S/C11H13N3OS/c12-11(13)16-9-6-7-14(10(9)15)8-4-2-1-3-5-8/h1-5,9H,6-7H2,(H3,12,13)/p+1. The predicted octanol–water partition coefficient (Wildman–Crippen LogP) is -0.401. The average molecular weight is 236 g/mol. The van der Waals surface area contributed by atoms with Gasteiger partial charge in [-0.15, -0.1) is 0 Å². The van der Waals surface area contributed by atoms with Crippen LogP contribution in [0.4, 0.5) is 5.69 Å². The zero-order valence-electron chi connectivity index (χ0n) is 8.80. The Morgan fingerprint density at radius 2 is 2.12 bits per heavy atom. The molecule has 1 aliphatic rings. The minimum atomic E-state index is -0.134. The lowest BCUT2D eigenvalue weighted by molar-refractivity contribution is -0.117. The van der Waals surface area contributed by atoms with Crippen molar-refractivity contribution in [1.82, 2.24) is 0 Å². The van der Waals surface area contributed by atoms with Gasteiger partial charge >= 0.3 is 5.17 Å². The maximum Gasteiger partial charge on any atom is 0.300 e. The first-order valence-corrected chi connectivity index (χ1v) is 5.97. The molecule has 4 N–H and O–H groups in total. The van der Waals surface area contributed by atoms with E-state index in [0.717, 1.165) is 18.7 Å². The Bertz CT molecular complexity index is 407.